The maximum atomic E-state index is 5.09. The van der Waals surface area contributed by atoms with Gasteiger partial charge in [-0.15, -0.1) is 0 Å². The largest absolute Gasteiger partial charge is 0.385 e. The molecule has 0 aromatic heterocycles. The summed E-state index contributed by atoms with van der Waals surface area (Å²) in [5.41, 5.74) is 1.36. The lowest BCUT2D eigenvalue weighted by Crippen LogP contribution is -2.41. The molecular formula is C21H32N4O. The Hall–Kier alpha value is -2.11. The molecule has 142 valence electrons. The molecule has 2 aromatic rings. The minimum Gasteiger partial charge on any atom is -0.385 e. The third-order valence-corrected chi connectivity index (χ3v) is 4.46. The molecule has 0 saturated carbocycles. The molecule has 0 unspecified atom stereocenters. The number of aliphatic imine (C=N–C) groups is 1. The van der Waals surface area contributed by atoms with Crippen LogP contribution in [-0.4, -0.2) is 64.9 Å². The Kier molecular flexibility index (Phi) is 8.93. The third-order valence-electron chi connectivity index (χ3n) is 4.46. The van der Waals surface area contributed by atoms with Crippen molar-refractivity contribution in [2.24, 2.45) is 4.99 Å². The number of nitrogens with zero attached hydrogens (tertiary/aromatic N) is 2. The highest BCUT2D eigenvalue weighted by molar-refractivity contribution is 5.85. The van der Waals surface area contributed by atoms with Crippen LogP contribution in [0.1, 0.15) is 12.0 Å². The van der Waals surface area contributed by atoms with Crippen molar-refractivity contribution in [3.05, 3.63) is 48.0 Å². The molecule has 0 amide bonds. The first-order valence-corrected chi connectivity index (χ1v) is 9.33. The smallest absolute Gasteiger partial charge is 0.191 e. The first-order chi connectivity index (χ1) is 12.7. The number of guanidine groups is 1. The van der Waals surface area contributed by atoms with Gasteiger partial charge in [0.05, 0.1) is 0 Å². The van der Waals surface area contributed by atoms with Crippen molar-refractivity contribution in [1.82, 2.24) is 15.5 Å². The second-order valence-electron chi connectivity index (χ2n) is 6.46. The number of nitrogens with one attached hydrogen (secondary N) is 2. The zero-order chi connectivity index (χ0) is 18.6. The Labute approximate surface area is 157 Å². The molecule has 2 N–H and O–H groups in total. The molecule has 0 fully saturated rings. The lowest BCUT2D eigenvalue weighted by molar-refractivity contribution is 0.180. The average Bonchev–Trinajstić information content (AvgIpc) is 2.67. The number of hydrogen-bond donors (Lipinski definition) is 2. The number of hydrogen-bond acceptors (Lipinski definition) is 3. The number of likely N-dealkylation sites (N-methyl/N-ethyl adjacent to an activating group) is 1. The first kappa shape index (κ1) is 20.2. The fourth-order valence-corrected chi connectivity index (χ4v) is 3.00. The van der Waals surface area contributed by atoms with E-state index in [0.29, 0.717) is 0 Å². The van der Waals surface area contributed by atoms with Crippen LogP contribution in [0.4, 0.5) is 0 Å². The van der Waals surface area contributed by atoms with Gasteiger partial charge in [-0.05, 0) is 36.2 Å². The van der Waals surface area contributed by atoms with E-state index in [-0.39, 0.29) is 0 Å². The Bertz CT molecular complexity index is 681. The summed E-state index contributed by atoms with van der Waals surface area (Å²) in [6.45, 7) is 4.57. The maximum absolute atomic E-state index is 5.09. The predicted octanol–water partition coefficient (Wildman–Crippen LogP) is 2.52. The normalized spacial score (nSPS) is 11.9. The van der Waals surface area contributed by atoms with Gasteiger partial charge in [0.25, 0.3) is 0 Å². The molecule has 2 aromatic carbocycles. The van der Waals surface area contributed by atoms with E-state index in [1.807, 2.05) is 7.05 Å². The van der Waals surface area contributed by atoms with Crippen molar-refractivity contribution in [1.29, 1.82) is 0 Å². The summed E-state index contributed by atoms with van der Waals surface area (Å²) < 4.78 is 5.09. The number of rotatable bonds is 10. The van der Waals surface area contributed by atoms with Crippen LogP contribution in [-0.2, 0) is 11.2 Å². The zero-order valence-corrected chi connectivity index (χ0v) is 16.3. The van der Waals surface area contributed by atoms with E-state index in [9.17, 15) is 0 Å². The van der Waals surface area contributed by atoms with Gasteiger partial charge in [-0.25, -0.2) is 0 Å². The Morgan fingerprint density at radius 2 is 1.81 bits per heavy atom. The molecule has 0 aliphatic rings. The lowest BCUT2D eigenvalue weighted by Gasteiger charge is -2.18. The zero-order valence-electron chi connectivity index (χ0n) is 16.3. The molecule has 26 heavy (non-hydrogen) atoms. The number of methoxy groups -OCH3 is 1. The van der Waals surface area contributed by atoms with Crippen molar-refractivity contribution in [3.8, 4) is 0 Å². The monoisotopic (exact) mass is 356 g/mol. The van der Waals surface area contributed by atoms with Crippen LogP contribution in [0, 0.1) is 0 Å². The highest BCUT2D eigenvalue weighted by atomic mass is 16.5. The van der Waals surface area contributed by atoms with Gasteiger partial charge >= 0.3 is 0 Å². The summed E-state index contributed by atoms with van der Waals surface area (Å²) in [7, 11) is 5.69. The molecule has 0 saturated heterocycles. The molecule has 0 heterocycles. The summed E-state index contributed by atoms with van der Waals surface area (Å²) in [6, 6.07) is 15.0. The van der Waals surface area contributed by atoms with Gasteiger partial charge < -0.3 is 20.3 Å². The van der Waals surface area contributed by atoms with Crippen LogP contribution in [0.3, 0.4) is 0 Å². The van der Waals surface area contributed by atoms with Crippen LogP contribution < -0.4 is 10.6 Å². The van der Waals surface area contributed by atoms with E-state index >= 15 is 0 Å². The van der Waals surface area contributed by atoms with Gasteiger partial charge in [0.1, 0.15) is 0 Å². The van der Waals surface area contributed by atoms with Gasteiger partial charge in [-0.3, -0.25) is 4.99 Å². The van der Waals surface area contributed by atoms with E-state index in [1.54, 1.807) is 7.11 Å². The van der Waals surface area contributed by atoms with Gasteiger partial charge in [-0.2, -0.15) is 0 Å². The van der Waals surface area contributed by atoms with Gasteiger partial charge in [-0.1, -0.05) is 42.5 Å². The van der Waals surface area contributed by atoms with Crippen LogP contribution >= 0.6 is 0 Å². The minimum absolute atomic E-state index is 0.815. The first-order valence-electron chi connectivity index (χ1n) is 9.33. The second kappa shape index (κ2) is 11.5. The van der Waals surface area contributed by atoms with E-state index in [4.69, 9.17) is 4.74 Å². The summed E-state index contributed by atoms with van der Waals surface area (Å²) >= 11 is 0. The molecular weight excluding hydrogens is 324 g/mol. The van der Waals surface area contributed by atoms with Gasteiger partial charge in [0.2, 0.25) is 0 Å². The van der Waals surface area contributed by atoms with Crippen LogP contribution in [0.25, 0.3) is 10.8 Å². The van der Waals surface area contributed by atoms with E-state index < -0.39 is 0 Å². The molecule has 0 aliphatic carbocycles. The molecule has 0 bridgehead atoms. The summed E-state index contributed by atoms with van der Waals surface area (Å²) in [5, 5.41) is 9.42. The molecule has 5 nitrogen and oxygen atoms in total. The number of benzene rings is 2. The highest BCUT2D eigenvalue weighted by Gasteiger charge is 2.03. The predicted molar refractivity (Wildman–Crippen MR) is 111 cm³/mol. The van der Waals surface area contributed by atoms with E-state index in [2.05, 4.69) is 70.0 Å². The van der Waals surface area contributed by atoms with E-state index in [0.717, 1.165) is 51.6 Å². The van der Waals surface area contributed by atoms with Crippen molar-refractivity contribution in [2.45, 2.75) is 12.8 Å². The summed E-state index contributed by atoms with van der Waals surface area (Å²) in [6.07, 6.45) is 2.03. The summed E-state index contributed by atoms with van der Waals surface area (Å²) in [5.74, 6) is 0.857. The fraction of sp³-hybridized carbons (Fsp3) is 0.476. The Morgan fingerprint density at radius 1 is 1.04 bits per heavy atom. The Morgan fingerprint density at radius 3 is 2.62 bits per heavy atom. The lowest BCUT2D eigenvalue weighted by atomic mass is 10.0. The summed E-state index contributed by atoms with van der Waals surface area (Å²) in [4.78, 5) is 6.61. The van der Waals surface area contributed by atoms with Gasteiger partial charge in [0, 0.05) is 46.9 Å². The van der Waals surface area contributed by atoms with Crippen molar-refractivity contribution in [2.75, 3.05) is 54.0 Å². The van der Waals surface area contributed by atoms with E-state index in [1.165, 1.54) is 16.3 Å². The highest BCUT2D eigenvalue weighted by Crippen LogP contribution is 2.18. The third kappa shape index (κ3) is 6.65. The molecule has 0 aliphatic heterocycles. The molecule has 0 atom stereocenters. The molecule has 0 spiro atoms. The van der Waals surface area contributed by atoms with Crippen LogP contribution in [0.5, 0.6) is 0 Å². The quantitative estimate of drug-likeness (QED) is 0.390. The second-order valence-corrected chi connectivity index (χ2v) is 6.46. The fourth-order valence-electron chi connectivity index (χ4n) is 3.00. The SMILES string of the molecule is CN=C(NCCc1cccc2ccccc12)NCCN(C)CCCOC. The maximum Gasteiger partial charge on any atom is 0.191 e. The van der Waals surface area contributed by atoms with Crippen LogP contribution in [0.15, 0.2) is 47.5 Å². The average molecular weight is 357 g/mol. The van der Waals surface area contributed by atoms with Crippen molar-refractivity contribution >= 4 is 16.7 Å². The number of ether oxygens (including phenoxy) is 1. The molecule has 0 radical (unpaired) electrons. The standard InChI is InChI=1S/C21H32N4O/c1-22-21(24-14-16-25(2)15-7-17-26-3)23-13-12-19-10-6-9-18-8-4-5-11-20(18)19/h4-6,8-11H,7,12-17H2,1-3H3,(H2,22,23,24). The number of fused-ring (bicyclic) bond motifs is 1. The molecule has 2 rings (SSSR count). The van der Waals surface area contributed by atoms with Gasteiger partial charge in [0.15, 0.2) is 5.96 Å². The topological polar surface area (TPSA) is 48.9 Å². The Balaban J connectivity index is 1.72. The minimum atomic E-state index is 0.815. The molecule has 5 heteroatoms. The van der Waals surface area contributed by atoms with Crippen LogP contribution in [0.2, 0.25) is 0 Å². The van der Waals surface area contributed by atoms with Crippen molar-refractivity contribution < 1.29 is 4.74 Å². The van der Waals surface area contributed by atoms with Crippen molar-refractivity contribution in [3.63, 3.8) is 0 Å².